The van der Waals surface area contributed by atoms with E-state index >= 15 is 0 Å². The second-order valence-electron chi connectivity index (χ2n) is 7.21. The number of nitrogens with one attached hydrogen (secondary N) is 1. The minimum absolute atomic E-state index is 0.0677. The number of hydrogen-bond donors (Lipinski definition) is 1. The molecule has 0 spiro atoms. The lowest BCUT2D eigenvalue weighted by Gasteiger charge is -2.34. The van der Waals surface area contributed by atoms with Crippen LogP contribution in [0.5, 0.6) is 0 Å². The number of hydrogen-bond acceptors (Lipinski definition) is 3. The number of carbonyl (C=O) groups is 1. The van der Waals surface area contributed by atoms with Gasteiger partial charge in [-0.3, -0.25) is 0 Å². The van der Waals surface area contributed by atoms with Gasteiger partial charge in [0.15, 0.2) is 9.84 Å². The summed E-state index contributed by atoms with van der Waals surface area (Å²) in [4.78, 5) is 14.3. The van der Waals surface area contributed by atoms with Crippen molar-refractivity contribution >= 4 is 15.9 Å². The molecule has 1 N–H and O–H groups in total. The van der Waals surface area contributed by atoms with E-state index in [-0.39, 0.29) is 23.2 Å². The Labute approximate surface area is 139 Å². The summed E-state index contributed by atoms with van der Waals surface area (Å²) < 4.78 is 24.8. The van der Waals surface area contributed by atoms with Gasteiger partial charge in [0.1, 0.15) is 0 Å². The number of amides is 2. The summed E-state index contributed by atoms with van der Waals surface area (Å²) >= 11 is 0. The third kappa shape index (κ3) is 5.23. The fourth-order valence-electron chi connectivity index (χ4n) is 2.74. The number of piperidine rings is 1. The van der Waals surface area contributed by atoms with Crippen LogP contribution in [0.4, 0.5) is 4.79 Å². The Morgan fingerprint density at radius 1 is 1.17 bits per heavy atom. The third-order valence-electron chi connectivity index (χ3n) is 3.94. The highest BCUT2D eigenvalue weighted by Crippen LogP contribution is 2.22. The largest absolute Gasteiger partial charge is 0.333 e. The molecule has 128 valence electrons. The quantitative estimate of drug-likeness (QED) is 0.921. The summed E-state index contributed by atoms with van der Waals surface area (Å²) in [6.07, 6.45) is 1.45. The van der Waals surface area contributed by atoms with E-state index in [4.69, 9.17) is 0 Å². The zero-order chi connectivity index (χ0) is 17.1. The first-order chi connectivity index (χ1) is 10.7. The van der Waals surface area contributed by atoms with Crippen molar-refractivity contribution < 1.29 is 13.2 Å². The molecule has 1 aliphatic rings. The highest BCUT2D eigenvalue weighted by atomic mass is 32.2. The average molecular weight is 338 g/mol. The summed E-state index contributed by atoms with van der Waals surface area (Å²) in [6.45, 7) is 7.06. The molecule has 0 aromatic heterocycles. The minimum Gasteiger partial charge on any atom is -0.333 e. The van der Waals surface area contributed by atoms with Gasteiger partial charge in [0.25, 0.3) is 0 Å². The van der Waals surface area contributed by atoms with Crippen LogP contribution in [0, 0.1) is 5.92 Å². The van der Waals surface area contributed by atoms with Crippen LogP contribution in [0.1, 0.15) is 33.6 Å². The number of rotatable bonds is 3. The Morgan fingerprint density at radius 3 is 2.26 bits per heavy atom. The van der Waals surface area contributed by atoms with Crippen LogP contribution in [0.15, 0.2) is 35.2 Å². The topological polar surface area (TPSA) is 66.5 Å². The zero-order valence-electron chi connectivity index (χ0n) is 14.1. The molecular weight excluding hydrogens is 312 g/mol. The van der Waals surface area contributed by atoms with Gasteiger partial charge in [0, 0.05) is 18.6 Å². The standard InChI is InChI=1S/C17H26N2O3S/c1-17(2,3)18-16(20)19-11-9-14(10-12-19)13-23(21,22)15-7-5-4-6-8-15/h4-8,14H,9-13H2,1-3H3,(H,18,20). The maximum absolute atomic E-state index is 12.4. The second kappa shape index (κ2) is 6.91. The predicted molar refractivity (Wildman–Crippen MR) is 91.1 cm³/mol. The Hall–Kier alpha value is -1.56. The number of carbonyl (C=O) groups excluding carboxylic acids is 1. The summed E-state index contributed by atoms with van der Waals surface area (Å²) in [5.74, 6) is 0.269. The van der Waals surface area contributed by atoms with Crippen molar-refractivity contribution in [3.63, 3.8) is 0 Å². The van der Waals surface area contributed by atoms with Crippen LogP contribution in [0.2, 0.25) is 0 Å². The molecule has 1 heterocycles. The summed E-state index contributed by atoms with van der Waals surface area (Å²) in [7, 11) is -3.25. The van der Waals surface area contributed by atoms with E-state index in [0.29, 0.717) is 18.0 Å². The number of benzene rings is 1. The summed E-state index contributed by atoms with van der Waals surface area (Å²) in [5, 5.41) is 2.95. The highest BCUT2D eigenvalue weighted by molar-refractivity contribution is 7.91. The molecule has 1 aromatic carbocycles. The molecule has 0 radical (unpaired) electrons. The van der Waals surface area contributed by atoms with Crippen molar-refractivity contribution in [3.8, 4) is 0 Å². The van der Waals surface area contributed by atoms with Crippen molar-refractivity contribution in [3.05, 3.63) is 30.3 Å². The van der Waals surface area contributed by atoms with Gasteiger partial charge >= 0.3 is 6.03 Å². The molecule has 2 amide bonds. The Kier molecular flexibility index (Phi) is 5.34. The molecular formula is C17H26N2O3S. The first-order valence-corrected chi connectivity index (χ1v) is 9.67. The fraction of sp³-hybridized carbons (Fsp3) is 0.588. The van der Waals surface area contributed by atoms with E-state index < -0.39 is 9.84 Å². The maximum atomic E-state index is 12.4. The van der Waals surface area contributed by atoms with Gasteiger partial charge in [-0.1, -0.05) is 18.2 Å². The minimum atomic E-state index is -3.25. The molecule has 0 atom stereocenters. The first-order valence-electron chi connectivity index (χ1n) is 8.02. The zero-order valence-corrected chi connectivity index (χ0v) is 14.9. The van der Waals surface area contributed by atoms with Gasteiger partial charge in [0.2, 0.25) is 0 Å². The van der Waals surface area contributed by atoms with E-state index in [2.05, 4.69) is 5.32 Å². The molecule has 23 heavy (non-hydrogen) atoms. The molecule has 5 nitrogen and oxygen atoms in total. The SMILES string of the molecule is CC(C)(C)NC(=O)N1CCC(CS(=O)(=O)c2ccccc2)CC1. The van der Waals surface area contributed by atoms with E-state index in [9.17, 15) is 13.2 Å². The molecule has 6 heteroatoms. The van der Waals surface area contributed by atoms with Crippen molar-refractivity contribution in [2.75, 3.05) is 18.8 Å². The first kappa shape index (κ1) is 17.8. The van der Waals surface area contributed by atoms with Gasteiger partial charge in [0.05, 0.1) is 10.6 Å². The van der Waals surface area contributed by atoms with E-state index in [1.807, 2.05) is 26.8 Å². The van der Waals surface area contributed by atoms with Gasteiger partial charge < -0.3 is 10.2 Å². The second-order valence-corrected chi connectivity index (χ2v) is 9.24. The maximum Gasteiger partial charge on any atom is 0.317 e. The smallest absolute Gasteiger partial charge is 0.317 e. The monoisotopic (exact) mass is 338 g/mol. The van der Waals surface area contributed by atoms with E-state index in [0.717, 1.165) is 12.8 Å². The number of urea groups is 1. The number of sulfone groups is 1. The molecule has 1 saturated heterocycles. The predicted octanol–water partition coefficient (Wildman–Crippen LogP) is 2.68. The van der Waals surface area contributed by atoms with E-state index in [1.54, 1.807) is 29.2 Å². The Morgan fingerprint density at radius 2 is 1.74 bits per heavy atom. The normalized spacial score (nSPS) is 17.1. The Bertz CT molecular complexity index is 628. The van der Waals surface area contributed by atoms with Gasteiger partial charge in [-0.05, 0) is 51.7 Å². The average Bonchev–Trinajstić information content (AvgIpc) is 2.47. The van der Waals surface area contributed by atoms with E-state index in [1.165, 1.54) is 0 Å². The fourth-order valence-corrected chi connectivity index (χ4v) is 4.46. The molecule has 1 fully saturated rings. The molecule has 0 saturated carbocycles. The van der Waals surface area contributed by atoms with Gasteiger partial charge in [-0.2, -0.15) is 0 Å². The van der Waals surface area contributed by atoms with Crippen molar-refractivity contribution in [1.29, 1.82) is 0 Å². The summed E-state index contributed by atoms with van der Waals surface area (Å²) in [5.41, 5.74) is -0.259. The van der Waals surface area contributed by atoms with Gasteiger partial charge in [-0.15, -0.1) is 0 Å². The molecule has 0 bridgehead atoms. The number of nitrogens with zero attached hydrogens (tertiary/aromatic N) is 1. The molecule has 0 aliphatic carbocycles. The Balaban J connectivity index is 1.89. The van der Waals surface area contributed by atoms with Crippen molar-refractivity contribution in [1.82, 2.24) is 10.2 Å². The van der Waals surface area contributed by atoms with Crippen LogP contribution in [0.25, 0.3) is 0 Å². The lowest BCUT2D eigenvalue weighted by Crippen LogP contribution is -2.51. The van der Waals surface area contributed by atoms with Crippen LogP contribution in [0.3, 0.4) is 0 Å². The van der Waals surface area contributed by atoms with Crippen LogP contribution >= 0.6 is 0 Å². The highest BCUT2D eigenvalue weighted by Gasteiger charge is 2.28. The molecule has 0 unspecified atom stereocenters. The lowest BCUT2D eigenvalue weighted by atomic mass is 9.99. The third-order valence-corrected chi connectivity index (χ3v) is 5.84. The molecule has 2 rings (SSSR count). The van der Waals surface area contributed by atoms with Gasteiger partial charge in [-0.25, -0.2) is 13.2 Å². The lowest BCUT2D eigenvalue weighted by molar-refractivity contribution is 0.166. The molecule has 1 aliphatic heterocycles. The van der Waals surface area contributed by atoms with Crippen LogP contribution in [-0.4, -0.2) is 43.7 Å². The van der Waals surface area contributed by atoms with Crippen molar-refractivity contribution in [2.24, 2.45) is 5.92 Å². The van der Waals surface area contributed by atoms with Crippen LogP contribution < -0.4 is 5.32 Å². The molecule has 1 aromatic rings. The summed E-state index contributed by atoms with van der Waals surface area (Å²) in [6, 6.07) is 8.51. The van der Waals surface area contributed by atoms with Crippen LogP contribution in [-0.2, 0) is 9.84 Å². The van der Waals surface area contributed by atoms with Crippen molar-refractivity contribution in [2.45, 2.75) is 44.0 Å². The number of likely N-dealkylation sites (tertiary alicyclic amines) is 1.